The fraction of sp³-hybridized carbons (Fsp3) is 0.571. The van der Waals surface area contributed by atoms with Gasteiger partial charge in [-0.2, -0.15) is 0 Å². The first-order chi connectivity index (χ1) is 12.2. The van der Waals surface area contributed by atoms with Crippen LogP contribution in [-0.4, -0.2) is 28.3 Å². The molecule has 25 heavy (non-hydrogen) atoms. The van der Waals surface area contributed by atoms with E-state index in [-0.39, 0.29) is 12.5 Å². The van der Waals surface area contributed by atoms with Gasteiger partial charge in [0.25, 0.3) is 0 Å². The van der Waals surface area contributed by atoms with Crippen LogP contribution in [0.3, 0.4) is 0 Å². The highest BCUT2D eigenvalue weighted by Gasteiger charge is 2.20. The molecule has 1 atom stereocenters. The molecule has 1 aromatic heterocycles. The Morgan fingerprint density at radius 3 is 2.64 bits per heavy atom. The zero-order valence-corrected chi connectivity index (χ0v) is 15.2. The van der Waals surface area contributed by atoms with Crippen LogP contribution in [0.5, 0.6) is 0 Å². The summed E-state index contributed by atoms with van der Waals surface area (Å²) < 4.78 is 5.65. The van der Waals surface area contributed by atoms with E-state index in [2.05, 4.69) is 47.3 Å². The minimum atomic E-state index is 0.203. The molecule has 1 unspecified atom stereocenters. The van der Waals surface area contributed by atoms with E-state index >= 15 is 0 Å². The normalized spacial score (nSPS) is 17.1. The van der Waals surface area contributed by atoms with Crippen molar-refractivity contribution in [3.8, 4) is 0 Å². The standard InChI is InChI=1S/C21H30N2O2/c1-17(16-24)13-23(14-18-8-4-2-5-9-18)15-20-12-21(22-25-20)19-10-6-3-7-11-19/h2,4-5,8-9,12,17,19,24H,3,6-7,10-11,13-16H2,1H3. The molecule has 0 spiro atoms. The molecule has 0 saturated heterocycles. The van der Waals surface area contributed by atoms with Crippen molar-refractivity contribution in [1.82, 2.24) is 10.1 Å². The van der Waals surface area contributed by atoms with Gasteiger partial charge in [0.15, 0.2) is 5.76 Å². The van der Waals surface area contributed by atoms with Crippen molar-refractivity contribution in [3.63, 3.8) is 0 Å². The number of hydrogen-bond donors (Lipinski definition) is 1. The van der Waals surface area contributed by atoms with Gasteiger partial charge in [-0.05, 0) is 24.3 Å². The average Bonchev–Trinajstić information content (AvgIpc) is 3.11. The summed E-state index contributed by atoms with van der Waals surface area (Å²) >= 11 is 0. The number of hydrogen-bond acceptors (Lipinski definition) is 4. The Morgan fingerprint density at radius 1 is 1.16 bits per heavy atom. The zero-order chi connectivity index (χ0) is 17.5. The molecule has 4 nitrogen and oxygen atoms in total. The molecule has 1 N–H and O–H groups in total. The largest absolute Gasteiger partial charge is 0.396 e. The van der Waals surface area contributed by atoms with Gasteiger partial charge in [-0.3, -0.25) is 4.90 Å². The van der Waals surface area contributed by atoms with Crippen molar-refractivity contribution < 1.29 is 9.63 Å². The Balaban J connectivity index is 1.65. The maximum atomic E-state index is 9.43. The first-order valence-electron chi connectivity index (χ1n) is 9.57. The van der Waals surface area contributed by atoms with Gasteiger partial charge >= 0.3 is 0 Å². The van der Waals surface area contributed by atoms with Crippen LogP contribution in [0.25, 0.3) is 0 Å². The molecule has 0 aliphatic heterocycles. The van der Waals surface area contributed by atoms with Crippen LogP contribution in [0.4, 0.5) is 0 Å². The van der Waals surface area contributed by atoms with Gasteiger partial charge in [-0.1, -0.05) is 61.7 Å². The van der Waals surface area contributed by atoms with Gasteiger partial charge in [-0.25, -0.2) is 0 Å². The summed E-state index contributed by atoms with van der Waals surface area (Å²) in [5, 5.41) is 13.8. The topological polar surface area (TPSA) is 49.5 Å². The molecule has 1 fully saturated rings. The van der Waals surface area contributed by atoms with Crippen LogP contribution in [-0.2, 0) is 13.1 Å². The molecular weight excluding hydrogens is 312 g/mol. The Morgan fingerprint density at radius 2 is 1.92 bits per heavy atom. The number of aliphatic hydroxyl groups excluding tert-OH is 1. The summed E-state index contributed by atoms with van der Waals surface area (Å²) in [4.78, 5) is 2.33. The first-order valence-corrected chi connectivity index (χ1v) is 9.57. The lowest BCUT2D eigenvalue weighted by molar-refractivity contribution is 0.153. The summed E-state index contributed by atoms with van der Waals surface area (Å²) in [7, 11) is 0. The highest BCUT2D eigenvalue weighted by Crippen LogP contribution is 2.32. The van der Waals surface area contributed by atoms with E-state index in [0.717, 1.165) is 31.1 Å². The number of benzene rings is 1. The van der Waals surface area contributed by atoms with Gasteiger partial charge in [0.1, 0.15) is 0 Å². The molecule has 1 aliphatic carbocycles. The van der Waals surface area contributed by atoms with E-state index in [9.17, 15) is 5.11 Å². The zero-order valence-electron chi connectivity index (χ0n) is 15.2. The van der Waals surface area contributed by atoms with Crippen LogP contribution in [0.2, 0.25) is 0 Å². The second kappa shape index (κ2) is 9.16. The molecule has 0 amide bonds. The molecule has 136 valence electrons. The van der Waals surface area contributed by atoms with Gasteiger partial charge < -0.3 is 9.63 Å². The van der Waals surface area contributed by atoms with Crippen molar-refractivity contribution in [2.75, 3.05) is 13.2 Å². The molecule has 4 heteroatoms. The fourth-order valence-corrected chi connectivity index (χ4v) is 3.74. The minimum absolute atomic E-state index is 0.203. The minimum Gasteiger partial charge on any atom is -0.396 e. The molecule has 1 heterocycles. The Kier molecular flexibility index (Phi) is 6.65. The van der Waals surface area contributed by atoms with Crippen LogP contribution in [0.1, 0.15) is 62.0 Å². The number of aromatic nitrogens is 1. The highest BCUT2D eigenvalue weighted by molar-refractivity contribution is 5.15. The Labute approximate surface area is 150 Å². The quantitative estimate of drug-likeness (QED) is 0.775. The summed E-state index contributed by atoms with van der Waals surface area (Å²) in [6.07, 6.45) is 6.44. The third-order valence-corrected chi connectivity index (χ3v) is 5.11. The number of rotatable bonds is 8. The molecule has 2 aromatic rings. The highest BCUT2D eigenvalue weighted by atomic mass is 16.5. The van der Waals surface area contributed by atoms with Crippen LogP contribution >= 0.6 is 0 Å². The van der Waals surface area contributed by atoms with Gasteiger partial charge in [0.05, 0.1) is 12.2 Å². The van der Waals surface area contributed by atoms with Crippen LogP contribution in [0.15, 0.2) is 40.9 Å². The fourth-order valence-electron chi connectivity index (χ4n) is 3.74. The van der Waals surface area contributed by atoms with Crippen molar-refractivity contribution in [3.05, 3.63) is 53.4 Å². The lowest BCUT2D eigenvalue weighted by Crippen LogP contribution is -2.29. The summed E-state index contributed by atoms with van der Waals surface area (Å²) in [5.74, 6) is 1.75. The van der Waals surface area contributed by atoms with Crippen molar-refractivity contribution in [1.29, 1.82) is 0 Å². The third-order valence-electron chi connectivity index (χ3n) is 5.11. The Hall–Kier alpha value is -1.65. The molecular formula is C21H30N2O2. The monoisotopic (exact) mass is 342 g/mol. The van der Waals surface area contributed by atoms with E-state index in [1.165, 1.54) is 37.7 Å². The summed E-state index contributed by atoms with van der Waals surface area (Å²) in [5.41, 5.74) is 2.41. The molecule has 1 saturated carbocycles. The van der Waals surface area contributed by atoms with Crippen molar-refractivity contribution >= 4 is 0 Å². The molecule has 1 aliphatic rings. The SMILES string of the molecule is CC(CO)CN(Cc1ccccc1)Cc1cc(C2CCCCC2)no1. The lowest BCUT2D eigenvalue weighted by Gasteiger charge is -2.24. The lowest BCUT2D eigenvalue weighted by atomic mass is 9.87. The third kappa shape index (κ3) is 5.41. The predicted octanol–water partition coefficient (Wildman–Crippen LogP) is 4.35. The van der Waals surface area contributed by atoms with Crippen molar-refractivity contribution in [2.45, 2.75) is 58.0 Å². The maximum Gasteiger partial charge on any atom is 0.150 e. The molecule has 1 aromatic carbocycles. The van der Waals surface area contributed by atoms with Crippen molar-refractivity contribution in [2.24, 2.45) is 5.92 Å². The van der Waals surface area contributed by atoms with Gasteiger partial charge in [-0.15, -0.1) is 0 Å². The molecule has 0 bridgehead atoms. The summed E-state index contributed by atoms with van der Waals surface area (Å²) in [6.45, 7) is 4.70. The number of aliphatic hydroxyl groups is 1. The van der Waals surface area contributed by atoms with E-state index < -0.39 is 0 Å². The van der Waals surface area contributed by atoms with Crippen LogP contribution in [0, 0.1) is 5.92 Å². The average molecular weight is 342 g/mol. The predicted molar refractivity (Wildman–Crippen MR) is 99.1 cm³/mol. The van der Waals surface area contributed by atoms with Gasteiger partial charge in [0, 0.05) is 31.7 Å². The second-order valence-electron chi connectivity index (χ2n) is 7.50. The maximum absolute atomic E-state index is 9.43. The Bertz CT molecular complexity index is 620. The van der Waals surface area contributed by atoms with Gasteiger partial charge in [0.2, 0.25) is 0 Å². The van der Waals surface area contributed by atoms with E-state index in [1.54, 1.807) is 0 Å². The van der Waals surface area contributed by atoms with Crippen LogP contribution < -0.4 is 0 Å². The summed E-state index contributed by atoms with van der Waals surface area (Å²) in [6, 6.07) is 12.6. The second-order valence-corrected chi connectivity index (χ2v) is 7.50. The van der Waals surface area contributed by atoms with E-state index in [0.29, 0.717) is 5.92 Å². The molecule has 3 rings (SSSR count). The van der Waals surface area contributed by atoms with E-state index in [1.807, 2.05) is 6.07 Å². The number of nitrogens with zero attached hydrogens (tertiary/aromatic N) is 2. The van der Waals surface area contributed by atoms with E-state index in [4.69, 9.17) is 4.52 Å². The smallest absolute Gasteiger partial charge is 0.150 e. The molecule has 0 radical (unpaired) electrons. The first kappa shape index (κ1) is 18.2.